The van der Waals surface area contributed by atoms with E-state index < -0.39 is 0 Å². The summed E-state index contributed by atoms with van der Waals surface area (Å²) in [4.78, 5) is 4.27. The van der Waals surface area contributed by atoms with E-state index in [0.717, 1.165) is 36.7 Å². The van der Waals surface area contributed by atoms with Gasteiger partial charge in [-0.05, 0) is 30.9 Å². The highest BCUT2D eigenvalue weighted by Gasteiger charge is 2.06. The molecule has 0 aliphatic heterocycles. The molecule has 1 rings (SSSR count). The van der Waals surface area contributed by atoms with Gasteiger partial charge in [-0.25, -0.2) is 0 Å². The van der Waals surface area contributed by atoms with Crippen LogP contribution in [0, 0.1) is 12.8 Å². The topological polar surface area (TPSA) is 54.9 Å². The number of hydrogen-bond acceptors (Lipinski definition) is 3. The van der Waals surface area contributed by atoms with Crippen molar-refractivity contribution in [3.63, 3.8) is 0 Å². The molecule has 0 amide bonds. The number of guanidine groups is 1. The summed E-state index contributed by atoms with van der Waals surface area (Å²) in [5, 5.41) is 6.70. The van der Waals surface area contributed by atoms with Crippen molar-refractivity contribution in [1.29, 1.82) is 0 Å². The summed E-state index contributed by atoms with van der Waals surface area (Å²) < 4.78 is 11.0. The number of hydrogen-bond donors (Lipinski definition) is 2. The molecule has 0 aliphatic carbocycles. The largest absolute Gasteiger partial charge is 0.493 e. The third-order valence-corrected chi connectivity index (χ3v) is 3.66. The van der Waals surface area contributed by atoms with Crippen molar-refractivity contribution >= 4 is 5.96 Å². The zero-order chi connectivity index (χ0) is 17.8. The van der Waals surface area contributed by atoms with Crippen LogP contribution < -0.4 is 15.4 Å². The molecule has 1 aromatic rings. The van der Waals surface area contributed by atoms with Gasteiger partial charge in [-0.3, -0.25) is 4.99 Å². The number of aliphatic imine (C=N–C) groups is 1. The second kappa shape index (κ2) is 11.7. The van der Waals surface area contributed by atoms with Crippen LogP contribution in [0.15, 0.2) is 23.2 Å². The van der Waals surface area contributed by atoms with Crippen molar-refractivity contribution < 1.29 is 9.47 Å². The third-order valence-electron chi connectivity index (χ3n) is 3.66. The monoisotopic (exact) mass is 335 g/mol. The van der Waals surface area contributed by atoms with E-state index in [4.69, 9.17) is 9.47 Å². The molecule has 5 nitrogen and oxygen atoms in total. The number of aryl methyl sites for hydroxylation is 1. The predicted octanol–water partition coefficient (Wildman–Crippen LogP) is 3.12. The molecule has 0 heterocycles. The van der Waals surface area contributed by atoms with Gasteiger partial charge >= 0.3 is 0 Å². The summed E-state index contributed by atoms with van der Waals surface area (Å²) in [6.07, 6.45) is 2.01. The molecule has 136 valence electrons. The van der Waals surface area contributed by atoms with Crippen LogP contribution in [0.3, 0.4) is 0 Å². The number of rotatable bonds is 10. The smallest absolute Gasteiger partial charge is 0.191 e. The molecular formula is C19H33N3O2. The SMILES string of the molecule is CN=C(NCCC(C)C)NCc1ccc(C)cc1OCCCOC. The summed E-state index contributed by atoms with van der Waals surface area (Å²) in [5.74, 6) is 2.43. The summed E-state index contributed by atoms with van der Waals surface area (Å²) in [5.41, 5.74) is 2.32. The van der Waals surface area contributed by atoms with Gasteiger partial charge in [-0.2, -0.15) is 0 Å². The van der Waals surface area contributed by atoms with Gasteiger partial charge < -0.3 is 20.1 Å². The first-order valence-corrected chi connectivity index (χ1v) is 8.72. The van der Waals surface area contributed by atoms with Crippen LogP contribution >= 0.6 is 0 Å². The Morgan fingerprint density at radius 2 is 2.00 bits per heavy atom. The molecule has 0 radical (unpaired) electrons. The van der Waals surface area contributed by atoms with E-state index >= 15 is 0 Å². The van der Waals surface area contributed by atoms with Crippen LogP contribution in [0.4, 0.5) is 0 Å². The normalized spacial score (nSPS) is 11.7. The quantitative estimate of drug-likeness (QED) is 0.392. The highest BCUT2D eigenvalue weighted by atomic mass is 16.5. The molecule has 2 N–H and O–H groups in total. The fourth-order valence-electron chi connectivity index (χ4n) is 2.21. The second-order valence-electron chi connectivity index (χ2n) is 6.34. The molecule has 24 heavy (non-hydrogen) atoms. The molecule has 0 unspecified atom stereocenters. The average Bonchev–Trinajstić information content (AvgIpc) is 2.55. The lowest BCUT2D eigenvalue weighted by Gasteiger charge is -2.16. The van der Waals surface area contributed by atoms with Gasteiger partial charge in [0.15, 0.2) is 5.96 Å². The Kier molecular flexibility index (Phi) is 9.92. The van der Waals surface area contributed by atoms with Gasteiger partial charge in [0.25, 0.3) is 0 Å². The van der Waals surface area contributed by atoms with Crippen LogP contribution in [-0.4, -0.2) is 39.9 Å². The van der Waals surface area contributed by atoms with Gasteiger partial charge in [-0.1, -0.05) is 26.0 Å². The lowest BCUT2D eigenvalue weighted by Crippen LogP contribution is -2.37. The fraction of sp³-hybridized carbons (Fsp3) is 0.632. The minimum atomic E-state index is 0.658. The Hall–Kier alpha value is -1.75. The van der Waals surface area contributed by atoms with Crippen molar-refractivity contribution in [3.8, 4) is 5.75 Å². The van der Waals surface area contributed by atoms with E-state index in [2.05, 4.69) is 54.6 Å². The molecule has 1 aromatic carbocycles. The highest BCUT2D eigenvalue weighted by Crippen LogP contribution is 2.20. The van der Waals surface area contributed by atoms with E-state index in [-0.39, 0.29) is 0 Å². The van der Waals surface area contributed by atoms with Crippen molar-refractivity contribution in [3.05, 3.63) is 29.3 Å². The van der Waals surface area contributed by atoms with Gasteiger partial charge in [-0.15, -0.1) is 0 Å². The van der Waals surface area contributed by atoms with E-state index in [1.165, 1.54) is 5.56 Å². The van der Waals surface area contributed by atoms with Gasteiger partial charge in [0.1, 0.15) is 5.75 Å². The molecule has 0 spiro atoms. The zero-order valence-corrected chi connectivity index (χ0v) is 15.8. The molecule has 5 heteroatoms. The molecule has 0 saturated carbocycles. The molecule has 0 atom stereocenters. The Balaban J connectivity index is 2.55. The van der Waals surface area contributed by atoms with E-state index in [1.54, 1.807) is 14.2 Å². The Labute approximate surface area is 146 Å². The maximum absolute atomic E-state index is 5.92. The van der Waals surface area contributed by atoms with Gasteiger partial charge in [0.2, 0.25) is 0 Å². The van der Waals surface area contributed by atoms with Crippen molar-refractivity contribution in [2.45, 2.75) is 40.2 Å². The predicted molar refractivity (Wildman–Crippen MR) is 101 cm³/mol. The van der Waals surface area contributed by atoms with Crippen molar-refractivity contribution in [1.82, 2.24) is 10.6 Å². The lowest BCUT2D eigenvalue weighted by molar-refractivity contribution is 0.172. The van der Waals surface area contributed by atoms with E-state index in [0.29, 0.717) is 25.7 Å². The van der Waals surface area contributed by atoms with Crippen molar-refractivity contribution in [2.24, 2.45) is 10.9 Å². The third kappa shape index (κ3) is 8.20. The Morgan fingerprint density at radius 3 is 2.67 bits per heavy atom. The maximum Gasteiger partial charge on any atom is 0.191 e. The zero-order valence-electron chi connectivity index (χ0n) is 15.8. The van der Waals surface area contributed by atoms with Crippen LogP contribution in [-0.2, 0) is 11.3 Å². The summed E-state index contributed by atoms with van der Waals surface area (Å²) >= 11 is 0. The second-order valence-corrected chi connectivity index (χ2v) is 6.34. The fourth-order valence-corrected chi connectivity index (χ4v) is 2.21. The minimum absolute atomic E-state index is 0.658. The summed E-state index contributed by atoms with van der Waals surface area (Å²) in [6.45, 7) is 9.49. The number of nitrogens with zero attached hydrogens (tertiary/aromatic N) is 1. The number of benzene rings is 1. The van der Waals surface area contributed by atoms with Crippen LogP contribution in [0.25, 0.3) is 0 Å². The first-order valence-electron chi connectivity index (χ1n) is 8.72. The van der Waals surface area contributed by atoms with Gasteiger partial charge in [0.05, 0.1) is 6.61 Å². The summed E-state index contributed by atoms with van der Waals surface area (Å²) in [6, 6.07) is 6.29. The molecule has 0 aliphatic rings. The molecule has 0 aromatic heterocycles. The summed E-state index contributed by atoms with van der Waals surface area (Å²) in [7, 11) is 3.50. The van der Waals surface area contributed by atoms with Crippen LogP contribution in [0.1, 0.15) is 37.8 Å². The Bertz CT molecular complexity index is 501. The van der Waals surface area contributed by atoms with E-state index in [1.807, 2.05) is 0 Å². The molecule has 0 bridgehead atoms. The molecule has 0 fully saturated rings. The lowest BCUT2D eigenvalue weighted by atomic mass is 10.1. The van der Waals surface area contributed by atoms with Crippen LogP contribution in [0.5, 0.6) is 5.75 Å². The van der Waals surface area contributed by atoms with Gasteiger partial charge in [0, 0.05) is 45.8 Å². The first-order chi connectivity index (χ1) is 11.6. The maximum atomic E-state index is 5.92. The number of nitrogens with one attached hydrogen (secondary N) is 2. The molecular weight excluding hydrogens is 302 g/mol. The highest BCUT2D eigenvalue weighted by molar-refractivity contribution is 5.79. The van der Waals surface area contributed by atoms with Crippen LogP contribution in [0.2, 0.25) is 0 Å². The molecule has 0 saturated heterocycles. The minimum Gasteiger partial charge on any atom is -0.493 e. The first kappa shape index (κ1) is 20.3. The number of methoxy groups -OCH3 is 1. The standard InChI is InChI=1S/C19H33N3O2/c1-15(2)9-10-21-19(20-4)22-14-17-8-7-16(3)13-18(17)24-12-6-11-23-5/h7-8,13,15H,6,9-12,14H2,1-5H3,(H2,20,21,22). The average molecular weight is 335 g/mol. The van der Waals surface area contributed by atoms with E-state index in [9.17, 15) is 0 Å². The van der Waals surface area contributed by atoms with Crippen molar-refractivity contribution in [2.75, 3.05) is 33.9 Å². The Morgan fingerprint density at radius 1 is 1.21 bits per heavy atom. The number of ether oxygens (including phenoxy) is 2.